The molecule has 3 amide bonds. The SMILES string of the molecule is COc1ccc(NC(=O)N2CCC(Oc3ncccc3C(=O)N3CCOCC3)C2)cc1F. The summed E-state index contributed by atoms with van der Waals surface area (Å²) in [4.78, 5) is 33.0. The molecule has 1 aromatic heterocycles. The minimum atomic E-state index is -0.555. The fourth-order valence-electron chi connectivity index (χ4n) is 3.70. The van der Waals surface area contributed by atoms with Crippen molar-refractivity contribution in [1.82, 2.24) is 14.8 Å². The lowest BCUT2D eigenvalue weighted by molar-refractivity contribution is 0.0298. The van der Waals surface area contributed by atoms with Crippen LogP contribution in [0.25, 0.3) is 0 Å². The van der Waals surface area contributed by atoms with Crippen LogP contribution < -0.4 is 14.8 Å². The van der Waals surface area contributed by atoms with Crippen molar-refractivity contribution in [2.75, 3.05) is 51.8 Å². The molecule has 1 aromatic carbocycles. The summed E-state index contributed by atoms with van der Waals surface area (Å²) in [5.74, 6) is -0.338. The third-order valence-electron chi connectivity index (χ3n) is 5.41. The van der Waals surface area contributed by atoms with Crippen LogP contribution in [0.1, 0.15) is 16.8 Å². The van der Waals surface area contributed by atoms with Crippen LogP contribution in [0, 0.1) is 5.82 Å². The van der Waals surface area contributed by atoms with E-state index in [0.29, 0.717) is 57.1 Å². The monoisotopic (exact) mass is 444 g/mol. The molecule has 9 nitrogen and oxygen atoms in total. The molecule has 1 unspecified atom stereocenters. The van der Waals surface area contributed by atoms with Crippen LogP contribution in [0.15, 0.2) is 36.5 Å². The molecule has 4 rings (SSSR count). The largest absolute Gasteiger partial charge is 0.494 e. The number of methoxy groups -OCH3 is 1. The number of aromatic nitrogens is 1. The predicted octanol–water partition coefficient (Wildman–Crippen LogP) is 2.39. The van der Waals surface area contributed by atoms with Gasteiger partial charge in [0, 0.05) is 44.0 Å². The summed E-state index contributed by atoms with van der Waals surface area (Å²) in [6, 6.07) is 7.26. The number of benzene rings is 1. The minimum absolute atomic E-state index is 0.107. The second-order valence-corrected chi connectivity index (χ2v) is 7.51. The Hall–Kier alpha value is -3.40. The van der Waals surface area contributed by atoms with E-state index in [1.54, 1.807) is 34.2 Å². The number of carbonyl (C=O) groups is 2. The fraction of sp³-hybridized carbons (Fsp3) is 0.409. The summed E-state index contributed by atoms with van der Waals surface area (Å²) in [6.07, 6.45) is 1.86. The Balaban J connectivity index is 1.36. The number of likely N-dealkylation sites (tertiary alicyclic amines) is 1. The second kappa shape index (κ2) is 9.82. The Bertz CT molecular complexity index is 983. The van der Waals surface area contributed by atoms with E-state index in [0.717, 1.165) is 0 Å². The number of halogens is 1. The van der Waals surface area contributed by atoms with Gasteiger partial charge in [-0.05, 0) is 24.3 Å². The number of nitrogens with zero attached hydrogens (tertiary/aromatic N) is 3. The molecule has 0 saturated carbocycles. The van der Waals surface area contributed by atoms with Gasteiger partial charge in [-0.3, -0.25) is 4.79 Å². The summed E-state index contributed by atoms with van der Waals surface area (Å²) in [5.41, 5.74) is 0.729. The molecule has 1 N–H and O–H groups in total. The number of nitrogens with one attached hydrogen (secondary N) is 1. The van der Waals surface area contributed by atoms with E-state index in [4.69, 9.17) is 14.2 Å². The van der Waals surface area contributed by atoms with Crippen LogP contribution in [-0.2, 0) is 4.74 Å². The molecule has 0 bridgehead atoms. The lowest BCUT2D eigenvalue weighted by Crippen LogP contribution is -2.41. The first-order valence-corrected chi connectivity index (χ1v) is 10.4. The first-order chi connectivity index (χ1) is 15.5. The van der Waals surface area contributed by atoms with Gasteiger partial charge >= 0.3 is 6.03 Å². The summed E-state index contributed by atoms with van der Waals surface area (Å²) >= 11 is 0. The normalized spacial score (nSPS) is 18.4. The van der Waals surface area contributed by atoms with Gasteiger partial charge in [0.05, 0.1) is 26.9 Å². The third-order valence-corrected chi connectivity index (χ3v) is 5.41. The van der Waals surface area contributed by atoms with Crippen molar-refractivity contribution in [3.63, 3.8) is 0 Å². The lowest BCUT2D eigenvalue weighted by Gasteiger charge is -2.27. The average molecular weight is 444 g/mol. The van der Waals surface area contributed by atoms with Gasteiger partial charge in [0.15, 0.2) is 11.6 Å². The Morgan fingerprint density at radius 1 is 1.19 bits per heavy atom. The van der Waals surface area contributed by atoms with Gasteiger partial charge in [-0.1, -0.05) is 0 Å². The maximum absolute atomic E-state index is 13.9. The van der Waals surface area contributed by atoms with Gasteiger partial charge in [-0.2, -0.15) is 0 Å². The fourth-order valence-corrected chi connectivity index (χ4v) is 3.70. The molecule has 0 aliphatic carbocycles. The van der Waals surface area contributed by atoms with Gasteiger partial charge in [0.25, 0.3) is 5.91 Å². The van der Waals surface area contributed by atoms with Gasteiger partial charge < -0.3 is 29.3 Å². The molecule has 170 valence electrons. The van der Waals surface area contributed by atoms with E-state index < -0.39 is 5.82 Å². The summed E-state index contributed by atoms with van der Waals surface area (Å²) in [7, 11) is 1.38. The van der Waals surface area contributed by atoms with Crippen molar-refractivity contribution >= 4 is 17.6 Å². The Kier molecular flexibility index (Phi) is 6.69. The average Bonchev–Trinajstić information content (AvgIpc) is 3.28. The maximum atomic E-state index is 13.9. The molecule has 2 saturated heterocycles. The zero-order valence-electron chi connectivity index (χ0n) is 17.8. The van der Waals surface area contributed by atoms with E-state index in [1.165, 1.54) is 19.2 Å². The molecule has 10 heteroatoms. The van der Waals surface area contributed by atoms with Crippen LogP contribution >= 0.6 is 0 Å². The highest BCUT2D eigenvalue weighted by molar-refractivity contribution is 5.96. The smallest absolute Gasteiger partial charge is 0.321 e. The van der Waals surface area contributed by atoms with Crippen LogP contribution in [0.3, 0.4) is 0 Å². The summed E-state index contributed by atoms with van der Waals surface area (Å²) < 4.78 is 30.1. The lowest BCUT2D eigenvalue weighted by atomic mass is 10.2. The van der Waals surface area contributed by atoms with Crippen molar-refractivity contribution in [1.29, 1.82) is 0 Å². The van der Waals surface area contributed by atoms with Crippen LogP contribution in [0.5, 0.6) is 11.6 Å². The molecule has 2 aromatic rings. The summed E-state index contributed by atoms with van der Waals surface area (Å²) in [6.45, 7) is 2.86. The van der Waals surface area contributed by atoms with Crippen LogP contribution in [0.2, 0.25) is 0 Å². The second-order valence-electron chi connectivity index (χ2n) is 7.51. The van der Waals surface area contributed by atoms with Crippen molar-refractivity contribution in [2.45, 2.75) is 12.5 Å². The number of carbonyl (C=O) groups excluding carboxylic acids is 2. The van der Waals surface area contributed by atoms with E-state index in [-0.39, 0.29) is 29.7 Å². The topological polar surface area (TPSA) is 93.2 Å². The number of urea groups is 1. The van der Waals surface area contributed by atoms with E-state index >= 15 is 0 Å². The van der Waals surface area contributed by atoms with Crippen molar-refractivity contribution < 1.29 is 28.2 Å². The molecule has 2 aliphatic heterocycles. The molecule has 1 atom stereocenters. The molecular formula is C22H25FN4O5. The molecule has 2 fully saturated rings. The number of ether oxygens (including phenoxy) is 3. The molecule has 2 aliphatic rings. The molecule has 0 radical (unpaired) electrons. The number of pyridine rings is 1. The number of hydrogen-bond acceptors (Lipinski definition) is 6. The van der Waals surface area contributed by atoms with Crippen LogP contribution in [-0.4, -0.2) is 79.3 Å². The van der Waals surface area contributed by atoms with Gasteiger partial charge in [-0.15, -0.1) is 0 Å². The highest BCUT2D eigenvalue weighted by atomic mass is 19.1. The molecule has 32 heavy (non-hydrogen) atoms. The van der Waals surface area contributed by atoms with Gasteiger partial charge in [0.2, 0.25) is 5.88 Å². The van der Waals surface area contributed by atoms with Crippen molar-refractivity contribution in [3.8, 4) is 11.6 Å². The third kappa shape index (κ3) is 4.91. The van der Waals surface area contributed by atoms with Gasteiger partial charge in [-0.25, -0.2) is 14.2 Å². The van der Waals surface area contributed by atoms with Gasteiger partial charge in [0.1, 0.15) is 11.7 Å². The zero-order chi connectivity index (χ0) is 22.5. The first kappa shape index (κ1) is 21.8. The van der Waals surface area contributed by atoms with E-state index in [1.807, 2.05) is 0 Å². The number of amides is 3. The maximum Gasteiger partial charge on any atom is 0.321 e. The highest BCUT2D eigenvalue weighted by Gasteiger charge is 2.30. The number of anilines is 1. The Labute approximate surface area is 185 Å². The van der Waals surface area contributed by atoms with Crippen LogP contribution in [0.4, 0.5) is 14.9 Å². The zero-order valence-corrected chi connectivity index (χ0v) is 17.8. The summed E-state index contributed by atoms with van der Waals surface area (Å²) in [5, 5.41) is 2.68. The number of hydrogen-bond donors (Lipinski definition) is 1. The quantitative estimate of drug-likeness (QED) is 0.761. The Morgan fingerprint density at radius 3 is 2.75 bits per heavy atom. The number of rotatable bonds is 5. The van der Waals surface area contributed by atoms with Crippen molar-refractivity contribution in [2.24, 2.45) is 0 Å². The minimum Gasteiger partial charge on any atom is -0.494 e. The molecular weight excluding hydrogens is 419 g/mol. The first-order valence-electron chi connectivity index (χ1n) is 10.4. The molecule has 0 spiro atoms. The predicted molar refractivity (Wildman–Crippen MR) is 114 cm³/mol. The standard InChI is InChI=1S/C22H25FN4O5/c1-30-19-5-4-15(13-18(19)23)25-22(29)27-8-6-16(14-27)32-20-17(3-2-7-24-20)21(28)26-9-11-31-12-10-26/h2-5,7,13,16H,6,8-12,14H2,1H3,(H,25,29). The number of morpholine rings is 1. The molecule has 3 heterocycles. The van der Waals surface area contributed by atoms with Crippen molar-refractivity contribution in [3.05, 3.63) is 47.9 Å². The van der Waals surface area contributed by atoms with E-state index in [2.05, 4.69) is 10.3 Å². The Morgan fingerprint density at radius 2 is 2.00 bits per heavy atom. The van der Waals surface area contributed by atoms with E-state index in [9.17, 15) is 14.0 Å². The highest BCUT2D eigenvalue weighted by Crippen LogP contribution is 2.24.